The van der Waals surface area contributed by atoms with E-state index in [1.54, 1.807) is 7.11 Å². The summed E-state index contributed by atoms with van der Waals surface area (Å²) in [6, 6.07) is 13.3. The van der Waals surface area contributed by atoms with Crippen LogP contribution in [0.2, 0.25) is 0 Å². The normalized spacial score (nSPS) is 10.6. The number of hydrogen-bond acceptors (Lipinski definition) is 5. The van der Waals surface area contributed by atoms with Crippen LogP contribution in [0.3, 0.4) is 0 Å². The highest BCUT2D eigenvalue weighted by Gasteiger charge is 2.07. The molecule has 1 aromatic heterocycles. The third-order valence-corrected chi connectivity index (χ3v) is 3.43. The fourth-order valence-corrected chi connectivity index (χ4v) is 2.47. The predicted octanol–water partition coefficient (Wildman–Crippen LogP) is 3.73. The topological polar surface area (TPSA) is 73.1 Å². The van der Waals surface area contributed by atoms with E-state index in [1.165, 1.54) is 0 Å². The Morgan fingerprint density at radius 1 is 1.10 bits per heavy atom. The molecule has 0 atom stereocenters. The summed E-state index contributed by atoms with van der Waals surface area (Å²) in [6.45, 7) is 0. The van der Waals surface area contributed by atoms with Crippen molar-refractivity contribution in [1.29, 1.82) is 0 Å². The molecule has 6 heteroatoms. The lowest BCUT2D eigenvalue weighted by Crippen LogP contribution is -2.02. The van der Waals surface area contributed by atoms with Gasteiger partial charge in [0.1, 0.15) is 5.75 Å². The van der Waals surface area contributed by atoms with Crippen molar-refractivity contribution in [3.05, 3.63) is 46.9 Å². The van der Waals surface area contributed by atoms with Gasteiger partial charge in [-0.1, -0.05) is 28.1 Å². The Hall–Kier alpha value is -2.34. The summed E-state index contributed by atoms with van der Waals surface area (Å²) in [4.78, 5) is 8.85. The fourth-order valence-electron chi connectivity index (χ4n) is 2.00. The summed E-state index contributed by atoms with van der Waals surface area (Å²) in [6.07, 6.45) is 0. The number of aromatic nitrogens is 2. The van der Waals surface area contributed by atoms with Crippen molar-refractivity contribution in [2.24, 2.45) is 0 Å². The van der Waals surface area contributed by atoms with E-state index in [4.69, 9.17) is 10.5 Å². The SMILES string of the molecule is COc1cc(Br)cc(Nc2nc3ccccc3nc2N)c1. The van der Waals surface area contributed by atoms with E-state index in [0.29, 0.717) is 11.6 Å². The van der Waals surface area contributed by atoms with Crippen molar-refractivity contribution in [3.63, 3.8) is 0 Å². The molecule has 0 saturated carbocycles. The minimum atomic E-state index is 0.354. The first-order valence-electron chi connectivity index (χ1n) is 6.29. The molecule has 0 aliphatic carbocycles. The van der Waals surface area contributed by atoms with Gasteiger partial charge in [0.05, 0.1) is 18.1 Å². The Morgan fingerprint density at radius 2 is 1.81 bits per heavy atom. The van der Waals surface area contributed by atoms with E-state index < -0.39 is 0 Å². The van der Waals surface area contributed by atoms with Crippen LogP contribution >= 0.6 is 15.9 Å². The average Bonchev–Trinajstić information content (AvgIpc) is 2.47. The van der Waals surface area contributed by atoms with Crippen LogP contribution < -0.4 is 15.8 Å². The second-order valence-corrected chi connectivity index (χ2v) is 5.37. The molecule has 0 unspecified atom stereocenters. The summed E-state index contributed by atoms with van der Waals surface area (Å²) in [5.74, 6) is 1.61. The van der Waals surface area contributed by atoms with Gasteiger partial charge < -0.3 is 15.8 Å². The molecule has 0 aliphatic heterocycles. The highest BCUT2D eigenvalue weighted by Crippen LogP contribution is 2.28. The van der Waals surface area contributed by atoms with E-state index in [-0.39, 0.29) is 0 Å². The predicted molar refractivity (Wildman–Crippen MR) is 87.9 cm³/mol. The van der Waals surface area contributed by atoms with Gasteiger partial charge in [-0.25, -0.2) is 9.97 Å². The lowest BCUT2D eigenvalue weighted by atomic mass is 10.3. The van der Waals surface area contributed by atoms with Gasteiger partial charge in [-0.05, 0) is 24.3 Å². The van der Waals surface area contributed by atoms with Crippen LogP contribution in [0, 0.1) is 0 Å². The standard InChI is InChI=1S/C15H13BrN4O/c1-21-11-7-9(16)6-10(8-11)18-15-14(17)19-12-4-2-3-5-13(12)20-15/h2-8H,1H3,(H2,17,19)(H,18,20). The Balaban J connectivity index is 2.01. The number of anilines is 3. The maximum absolute atomic E-state index is 5.96. The van der Waals surface area contributed by atoms with Crippen LogP contribution in [0.25, 0.3) is 11.0 Å². The summed E-state index contributed by atoms with van der Waals surface area (Å²) in [5, 5.41) is 3.17. The first-order chi connectivity index (χ1) is 10.2. The molecule has 21 heavy (non-hydrogen) atoms. The van der Waals surface area contributed by atoms with Crippen LogP contribution in [0.4, 0.5) is 17.3 Å². The number of fused-ring (bicyclic) bond motifs is 1. The molecular weight excluding hydrogens is 332 g/mol. The molecule has 0 amide bonds. The molecule has 106 valence electrons. The van der Waals surface area contributed by atoms with Crippen LogP contribution in [-0.2, 0) is 0 Å². The number of nitrogens with two attached hydrogens (primary N) is 1. The molecule has 2 aromatic carbocycles. The Kier molecular flexibility index (Phi) is 3.62. The van der Waals surface area contributed by atoms with Crippen LogP contribution in [0.1, 0.15) is 0 Å². The third kappa shape index (κ3) is 2.90. The number of hydrogen-bond donors (Lipinski definition) is 2. The zero-order valence-corrected chi connectivity index (χ0v) is 12.9. The molecule has 0 aliphatic rings. The van der Waals surface area contributed by atoms with Gasteiger partial charge in [0.25, 0.3) is 0 Å². The van der Waals surface area contributed by atoms with Crippen molar-refractivity contribution < 1.29 is 4.74 Å². The highest BCUT2D eigenvalue weighted by atomic mass is 79.9. The molecule has 1 heterocycles. The summed E-state index contributed by atoms with van der Waals surface area (Å²) >= 11 is 3.44. The van der Waals surface area contributed by atoms with Crippen molar-refractivity contribution in [2.75, 3.05) is 18.2 Å². The average molecular weight is 345 g/mol. The number of para-hydroxylation sites is 2. The summed E-state index contributed by atoms with van der Waals surface area (Å²) in [5.41, 5.74) is 8.34. The highest BCUT2D eigenvalue weighted by molar-refractivity contribution is 9.10. The first-order valence-corrected chi connectivity index (χ1v) is 7.09. The van der Waals surface area contributed by atoms with Gasteiger partial charge in [0.2, 0.25) is 0 Å². The first kappa shape index (κ1) is 13.6. The summed E-state index contributed by atoms with van der Waals surface area (Å²) < 4.78 is 6.14. The molecule has 3 N–H and O–H groups in total. The van der Waals surface area contributed by atoms with Crippen LogP contribution in [0.15, 0.2) is 46.9 Å². The Bertz CT molecular complexity index is 807. The van der Waals surface area contributed by atoms with E-state index in [0.717, 1.165) is 26.9 Å². The zero-order valence-electron chi connectivity index (χ0n) is 11.3. The number of ether oxygens (including phenoxy) is 1. The maximum Gasteiger partial charge on any atom is 0.174 e. The van der Waals surface area contributed by atoms with Gasteiger partial charge in [0.15, 0.2) is 11.6 Å². The van der Waals surface area contributed by atoms with E-state index in [1.807, 2.05) is 42.5 Å². The smallest absolute Gasteiger partial charge is 0.174 e. The molecule has 0 fully saturated rings. The fraction of sp³-hybridized carbons (Fsp3) is 0.0667. The number of halogens is 1. The largest absolute Gasteiger partial charge is 0.497 e. The minimum Gasteiger partial charge on any atom is -0.497 e. The van der Waals surface area contributed by atoms with Gasteiger partial charge in [-0.3, -0.25) is 0 Å². The molecule has 0 saturated heterocycles. The third-order valence-electron chi connectivity index (χ3n) is 2.97. The van der Waals surface area contributed by atoms with Crippen molar-refractivity contribution in [2.45, 2.75) is 0 Å². The molecule has 5 nitrogen and oxygen atoms in total. The lowest BCUT2D eigenvalue weighted by Gasteiger charge is -2.10. The van der Waals surface area contributed by atoms with Crippen molar-refractivity contribution in [3.8, 4) is 5.75 Å². The van der Waals surface area contributed by atoms with Crippen molar-refractivity contribution >= 4 is 44.3 Å². The number of nitrogens with one attached hydrogen (secondary N) is 1. The number of nitrogens with zero attached hydrogens (tertiary/aromatic N) is 2. The second-order valence-electron chi connectivity index (χ2n) is 4.45. The Labute approximate surface area is 130 Å². The van der Waals surface area contributed by atoms with Gasteiger partial charge >= 0.3 is 0 Å². The number of methoxy groups -OCH3 is 1. The maximum atomic E-state index is 5.96. The number of nitrogen functional groups attached to an aromatic ring is 1. The second kappa shape index (κ2) is 5.57. The molecular formula is C15H13BrN4O. The van der Waals surface area contributed by atoms with E-state index in [2.05, 4.69) is 31.2 Å². The lowest BCUT2D eigenvalue weighted by molar-refractivity contribution is 0.415. The summed E-state index contributed by atoms with van der Waals surface area (Å²) in [7, 11) is 1.62. The quantitative estimate of drug-likeness (QED) is 0.757. The van der Waals surface area contributed by atoms with Crippen LogP contribution in [-0.4, -0.2) is 17.1 Å². The van der Waals surface area contributed by atoms with Crippen molar-refractivity contribution in [1.82, 2.24) is 9.97 Å². The monoisotopic (exact) mass is 344 g/mol. The number of benzene rings is 2. The Morgan fingerprint density at radius 3 is 2.52 bits per heavy atom. The molecule has 0 bridgehead atoms. The molecule has 0 radical (unpaired) electrons. The molecule has 0 spiro atoms. The zero-order chi connectivity index (χ0) is 14.8. The van der Waals surface area contributed by atoms with Gasteiger partial charge in [-0.15, -0.1) is 0 Å². The van der Waals surface area contributed by atoms with Gasteiger partial charge in [-0.2, -0.15) is 0 Å². The molecule has 3 rings (SSSR count). The van der Waals surface area contributed by atoms with E-state index in [9.17, 15) is 0 Å². The number of rotatable bonds is 3. The van der Waals surface area contributed by atoms with E-state index >= 15 is 0 Å². The molecule has 3 aromatic rings. The van der Waals surface area contributed by atoms with Crippen LogP contribution in [0.5, 0.6) is 5.75 Å². The minimum absolute atomic E-state index is 0.354. The van der Waals surface area contributed by atoms with Gasteiger partial charge in [0, 0.05) is 16.2 Å².